The second-order valence-electron chi connectivity index (χ2n) is 2.32. The number of benzene rings is 1. The molecule has 1 aromatic rings. The molecule has 0 bridgehead atoms. The fourth-order valence-electron chi connectivity index (χ4n) is 0.846. The van der Waals surface area contributed by atoms with Gasteiger partial charge in [-0.2, -0.15) is 0 Å². The number of hydrogen-bond donors (Lipinski definition) is 2. The van der Waals surface area contributed by atoms with Gasteiger partial charge in [-0.15, -0.1) is 0 Å². The normalized spacial score (nSPS) is 10.1. The maximum Gasteiger partial charge on any atom is 0.0876 e. The second kappa shape index (κ2) is 3.71. The van der Waals surface area contributed by atoms with Crippen LogP contribution in [0.15, 0.2) is 6.07 Å². The summed E-state index contributed by atoms with van der Waals surface area (Å²) in [7, 11) is 0. The van der Waals surface area contributed by atoms with Crippen molar-refractivity contribution in [2.24, 2.45) is 5.84 Å². The van der Waals surface area contributed by atoms with Crippen LogP contribution in [0.2, 0.25) is 15.1 Å². The summed E-state index contributed by atoms with van der Waals surface area (Å²) in [6.07, 6.45) is 0. The van der Waals surface area contributed by atoms with E-state index in [2.05, 4.69) is 5.43 Å². The van der Waals surface area contributed by atoms with Crippen LogP contribution in [0.1, 0.15) is 5.56 Å². The van der Waals surface area contributed by atoms with Crippen molar-refractivity contribution < 1.29 is 0 Å². The van der Waals surface area contributed by atoms with Crippen LogP contribution in [0.4, 0.5) is 5.69 Å². The van der Waals surface area contributed by atoms with Crippen LogP contribution in [0, 0.1) is 6.92 Å². The minimum atomic E-state index is 0.351. The van der Waals surface area contributed by atoms with E-state index in [9.17, 15) is 0 Å². The number of nitrogens with one attached hydrogen (secondary N) is 1. The van der Waals surface area contributed by atoms with Crippen LogP contribution in [0.25, 0.3) is 0 Å². The lowest BCUT2D eigenvalue weighted by molar-refractivity contribution is 1.34. The molecule has 0 heterocycles. The summed E-state index contributed by atoms with van der Waals surface area (Å²) >= 11 is 17.5. The van der Waals surface area contributed by atoms with Crippen LogP contribution in [-0.4, -0.2) is 0 Å². The monoisotopic (exact) mass is 224 g/mol. The van der Waals surface area contributed by atoms with Gasteiger partial charge in [0, 0.05) is 0 Å². The molecule has 0 saturated carbocycles. The van der Waals surface area contributed by atoms with Gasteiger partial charge in [-0.1, -0.05) is 34.8 Å². The van der Waals surface area contributed by atoms with Crippen molar-refractivity contribution in [3.05, 3.63) is 26.7 Å². The Labute approximate surface area is 85.6 Å². The van der Waals surface area contributed by atoms with Gasteiger partial charge < -0.3 is 5.43 Å². The van der Waals surface area contributed by atoms with Gasteiger partial charge in [-0.3, -0.25) is 5.84 Å². The zero-order valence-electron chi connectivity index (χ0n) is 6.29. The Bertz CT molecular complexity index is 312. The highest BCUT2D eigenvalue weighted by molar-refractivity contribution is 6.46. The molecule has 1 aromatic carbocycles. The van der Waals surface area contributed by atoms with Crippen LogP contribution in [0.5, 0.6) is 0 Å². The average Bonchev–Trinajstić information content (AvgIpc) is 2.01. The Morgan fingerprint density at radius 1 is 1.25 bits per heavy atom. The van der Waals surface area contributed by atoms with Crippen molar-refractivity contribution in [1.82, 2.24) is 0 Å². The minimum absolute atomic E-state index is 0.351. The Kier molecular flexibility index (Phi) is 3.07. The molecule has 0 aliphatic carbocycles. The summed E-state index contributed by atoms with van der Waals surface area (Å²) < 4.78 is 0. The zero-order valence-corrected chi connectivity index (χ0v) is 8.56. The fraction of sp³-hybridized carbons (Fsp3) is 0.143. The molecular weight excluding hydrogens is 218 g/mol. The van der Waals surface area contributed by atoms with E-state index in [0.29, 0.717) is 20.8 Å². The Morgan fingerprint density at radius 2 is 1.83 bits per heavy atom. The van der Waals surface area contributed by atoms with Crippen molar-refractivity contribution in [1.29, 1.82) is 0 Å². The van der Waals surface area contributed by atoms with Gasteiger partial charge in [0.2, 0.25) is 0 Å². The quantitative estimate of drug-likeness (QED) is 0.437. The molecule has 3 N–H and O–H groups in total. The third-order valence-corrected chi connectivity index (χ3v) is 2.74. The lowest BCUT2D eigenvalue weighted by Gasteiger charge is -2.09. The second-order valence-corrected chi connectivity index (χ2v) is 3.49. The van der Waals surface area contributed by atoms with Crippen molar-refractivity contribution in [3.8, 4) is 0 Å². The van der Waals surface area contributed by atoms with Crippen LogP contribution >= 0.6 is 34.8 Å². The van der Waals surface area contributed by atoms with E-state index in [1.54, 1.807) is 6.07 Å². The molecule has 0 amide bonds. The lowest BCUT2D eigenvalue weighted by atomic mass is 10.2. The van der Waals surface area contributed by atoms with E-state index in [1.807, 2.05) is 6.92 Å². The number of nitrogen functional groups attached to an aromatic ring is 1. The number of anilines is 1. The summed E-state index contributed by atoms with van der Waals surface area (Å²) in [5.74, 6) is 5.19. The number of hydrogen-bond acceptors (Lipinski definition) is 2. The first-order valence-electron chi connectivity index (χ1n) is 3.18. The molecule has 0 fully saturated rings. The Balaban J connectivity index is 3.40. The summed E-state index contributed by atoms with van der Waals surface area (Å²) in [5, 5.41) is 1.28. The van der Waals surface area contributed by atoms with Crippen LogP contribution in [0.3, 0.4) is 0 Å². The summed E-state index contributed by atoms with van der Waals surface area (Å²) in [5.41, 5.74) is 3.66. The van der Waals surface area contributed by atoms with Crippen LogP contribution in [-0.2, 0) is 0 Å². The third-order valence-electron chi connectivity index (χ3n) is 1.48. The van der Waals surface area contributed by atoms with Crippen molar-refractivity contribution >= 4 is 40.5 Å². The van der Waals surface area contributed by atoms with Gasteiger partial charge in [0.15, 0.2) is 0 Å². The molecule has 0 aliphatic heterocycles. The molecule has 0 unspecified atom stereocenters. The molecule has 0 spiro atoms. The predicted molar refractivity (Wildman–Crippen MR) is 54.0 cm³/mol. The summed E-state index contributed by atoms with van der Waals surface area (Å²) in [4.78, 5) is 0. The van der Waals surface area contributed by atoms with Crippen LogP contribution < -0.4 is 11.3 Å². The molecule has 0 aliphatic rings. The zero-order chi connectivity index (χ0) is 9.30. The van der Waals surface area contributed by atoms with Gasteiger partial charge in [0.1, 0.15) is 0 Å². The third kappa shape index (κ3) is 1.62. The first-order valence-corrected chi connectivity index (χ1v) is 4.32. The van der Waals surface area contributed by atoms with E-state index in [4.69, 9.17) is 40.6 Å². The van der Waals surface area contributed by atoms with E-state index < -0.39 is 0 Å². The number of rotatable bonds is 1. The fourth-order valence-corrected chi connectivity index (χ4v) is 1.66. The maximum absolute atomic E-state index is 5.85. The smallest absolute Gasteiger partial charge is 0.0876 e. The average molecular weight is 226 g/mol. The molecular formula is C7H7Cl3N2. The van der Waals surface area contributed by atoms with Gasteiger partial charge in [-0.25, -0.2) is 0 Å². The summed E-state index contributed by atoms with van der Waals surface area (Å²) in [6.45, 7) is 1.82. The van der Waals surface area contributed by atoms with Gasteiger partial charge in [0.25, 0.3) is 0 Å². The molecule has 1 rings (SSSR count). The van der Waals surface area contributed by atoms with Gasteiger partial charge in [0.05, 0.1) is 20.8 Å². The molecule has 66 valence electrons. The first kappa shape index (κ1) is 9.93. The summed E-state index contributed by atoms with van der Waals surface area (Å²) in [6, 6.07) is 1.70. The predicted octanol–water partition coefficient (Wildman–Crippen LogP) is 3.24. The molecule has 12 heavy (non-hydrogen) atoms. The highest BCUT2D eigenvalue weighted by atomic mass is 35.5. The Hall–Kier alpha value is -0.150. The lowest BCUT2D eigenvalue weighted by Crippen LogP contribution is -2.08. The van der Waals surface area contributed by atoms with E-state index >= 15 is 0 Å². The number of nitrogens with two attached hydrogens (primary N) is 1. The van der Waals surface area contributed by atoms with E-state index in [1.165, 1.54) is 0 Å². The van der Waals surface area contributed by atoms with E-state index in [0.717, 1.165) is 5.56 Å². The van der Waals surface area contributed by atoms with Crippen molar-refractivity contribution in [3.63, 3.8) is 0 Å². The number of aryl methyl sites for hydroxylation is 1. The SMILES string of the molecule is Cc1cc(Cl)c(NN)c(Cl)c1Cl. The van der Waals surface area contributed by atoms with E-state index in [-0.39, 0.29) is 0 Å². The first-order chi connectivity index (χ1) is 5.57. The van der Waals surface area contributed by atoms with Crippen molar-refractivity contribution in [2.45, 2.75) is 6.92 Å². The highest BCUT2D eigenvalue weighted by Gasteiger charge is 2.10. The molecule has 0 radical (unpaired) electrons. The molecule has 0 saturated heterocycles. The molecule has 0 atom stereocenters. The largest absolute Gasteiger partial charge is 0.321 e. The van der Waals surface area contributed by atoms with Gasteiger partial charge in [-0.05, 0) is 18.6 Å². The Morgan fingerprint density at radius 3 is 2.33 bits per heavy atom. The molecule has 2 nitrogen and oxygen atoms in total. The topological polar surface area (TPSA) is 38.0 Å². The van der Waals surface area contributed by atoms with Crippen molar-refractivity contribution in [2.75, 3.05) is 5.43 Å². The number of hydrazine groups is 1. The standard InChI is InChI=1S/C7H7Cl3N2/c1-3-2-4(8)7(12-11)6(10)5(3)9/h2,12H,11H2,1H3. The minimum Gasteiger partial charge on any atom is -0.321 e. The van der Waals surface area contributed by atoms with Gasteiger partial charge >= 0.3 is 0 Å². The molecule has 5 heteroatoms. The number of halogens is 3. The molecule has 0 aromatic heterocycles. The maximum atomic E-state index is 5.85. The highest BCUT2D eigenvalue weighted by Crippen LogP contribution is 2.37.